The predicted molar refractivity (Wildman–Crippen MR) is 122 cm³/mol. The lowest BCUT2D eigenvalue weighted by molar-refractivity contribution is 0.317. The van der Waals surface area contributed by atoms with Crippen LogP contribution < -0.4 is 9.64 Å². The number of aryl methyl sites for hydroxylation is 1. The minimum atomic E-state index is 0.507. The summed E-state index contributed by atoms with van der Waals surface area (Å²) < 4.78 is 6.41. The van der Waals surface area contributed by atoms with Gasteiger partial charge in [-0.1, -0.05) is 52.0 Å². The summed E-state index contributed by atoms with van der Waals surface area (Å²) in [5, 5.41) is 9.02. The summed E-state index contributed by atoms with van der Waals surface area (Å²) in [6, 6.07) is 14.8. The molecule has 2 aromatic carbocycles. The molecule has 0 aromatic heterocycles. The maximum atomic E-state index is 9.02. The van der Waals surface area contributed by atoms with Crippen molar-refractivity contribution in [1.82, 2.24) is 0 Å². The Hall–Kier alpha value is -2.47. The molecule has 0 bridgehead atoms. The monoisotopic (exact) mass is 390 g/mol. The second-order valence-electron chi connectivity index (χ2n) is 7.04. The maximum absolute atomic E-state index is 9.02. The summed E-state index contributed by atoms with van der Waals surface area (Å²) in [7, 11) is 0. The number of ether oxygens (including phenoxy) is 1. The van der Waals surface area contributed by atoms with Gasteiger partial charge >= 0.3 is 0 Å². The molecule has 3 heteroatoms. The fourth-order valence-electron chi connectivity index (χ4n) is 3.84. The van der Waals surface area contributed by atoms with Crippen LogP contribution in [0.2, 0.25) is 0 Å². The molecule has 0 saturated heterocycles. The molecule has 0 heterocycles. The molecule has 2 aromatic rings. The molecule has 0 fully saturated rings. The van der Waals surface area contributed by atoms with E-state index in [-0.39, 0.29) is 0 Å². The van der Waals surface area contributed by atoms with E-state index in [1.165, 1.54) is 22.3 Å². The number of rotatable bonds is 12. The molecule has 0 N–H and O–H groups in total. The Morgan fingerprint density at radius 2 is 1.66 bits per heavy atom. The van der Waals surface area contributed by atoms with Gasteiger partial charge in [-0.2, -0.15) is 5.26 Å². The van der Waals surface area contributed by atoms with Gasteiger partial charge < -0.3 is 9.64 Å². The molecule has 0 aliphatic carbocycles. The summed E-state index contributed by atoms with van der Waals surface area (Å²) >= 11 is 0. The van der Waals surface area contributed by atoms with E-state index in [4.69, 9.17) is 10.00 Å². The van der Waals surface area contributed by atoms with Crippen molar-refractivity contribution in [1.29, 1.82) is 5.26 Å². The van der Waals surface area contributed by atoms with Crippen molar-refractivity contribution in [3.63, 3.8) is 0 Å². The SMILES string of the molecule is CC[C]c1cc(CC)c(OCCN(CCC#N)c2ccccc2)c(CC)c1CC. The van der Waals surface area contributed by atoms with Crippen molar-refractivity contribution in [2.24, 2.45) is 0 Å². The van der Waals surface area contributed by atoms with Gasteiger partial charge in [0, 0.05) is 18.7 Å². The number of hydrogen-bond donors (Lipinski definition) is 0. The molecule has 0 unspecified atom stereocenters. The van der Waals surface area contributed by atoms with Gasteiger partial charge in [0.2, 0.25) is 0 Å². The summed E-state index contributed by atoms with van der Waals surface area (Å²) in [5.41, 5.74) is 6.33. The highest BCUT2D eigenvalue weighted by Gasteiger charge is 2.17. The van der Waals surface area contributed by atoms with Gasteiger partial charge in [0.15, 0.2) is 0 Å². The third-order valence-electron chi connectivity index (χ3n) is 5.25. The zero-order valence-electron chi connectivity index (χ0n) is 18.4. The van der Waals surface area contributed by atoms with Crippen LogP contribution in [0.1, 0.15) is 62.8 Å². The fourth-order valence-corrected chi connectivity index (χ4v) is 3.84. The van der Waals surface area contributed by atoms with Crippen molar-refractivity contribution in [2.75, 3.05) is 24.6 Å². The zero-order chi connectivity index (χ0) is 21.1. The molecule has 0 atom stereocenters. The van der Waals surface area contributed by atoms with Gasteiger partial charge in [-0.15, -0.1) is 0 Å². The number of benzene rings is 2. The number of nitriles is 1. The maximum Gasteiger partial charge on any atom is 0.126 e. The van der Waals surface area contributed by atoms with E-state index < -0.39 is 0 Å². The first kappa shape index (κ1) is 22.8. The van der Waals surface area contributed by atoms with E-state index in [0.29, 0.717) is 19.6 Å². The first-order chi connectivity index (χ1) is 14.2. The van der Waals surface area contributed by atoms with Crippen molar-refractivity contribution in [3.05, 3.63) is 65.1 Å². The molecule has 29 heavy (non-hydrogen) atoms. The molecule has 0 aliphatic rings. The molecule has 154 valence electrons. The lowest BCUT2D eigenvalue weighted by Crippen LogP contribution is -2.29. The minimum Gasteiger partial charge on any atom is -0.491 e. The third-order valence-corrected chi connectivity index (χ3v) is 5.25. The lowest BCUT2D eigenvalue weighted by atomic mass is 9.90. The number of para-hydroxylation sites is 1. The van der Waals surface area contributed by atoms with Crippen LogP contribution in [0, 0.1) is 17.8 Å². The Bertz CT molecular complexity index is 793. The topological polar surface area (TPSA) is 36.3 Å². The van der Waals surface area contributed by atoms with E-state index >= 15 is 0 Å². The van der Waals surface area contributed by atoms with Gasteiger partial charge in [0.1, 0.15) is 12.4 Å². The quantitative estimate of drug-likeness (QED) is 0.445. The smallest absolute Gasteiger partial charge is 0.126 e. The Kier molecular flexibility index (Phi) is 9.57. The van der Waals surface area contributed by atoms with Crippen LogP contribution in [-0.4, -0.2) is 19.7 Å². The highest BCUT2D eigenvalue weighted by Crippen LogP contribution is 2.33. The van der Waals surface area contributed by atoms with Crippen molar-refractivity contribution in [3.8, 4) is 11.8 Å². The van der Waals surface area contributed by atoms with Crippen molar-refractivity contribution in [2.45, 2.75) is 59.8 Å². The average molecular weight is 391 g/mol. The minimum absolute atomic E-state index is 0.507. The van der Waals surface area contributed by atoms with Gasteiger partial charge in [-0.3, -0.25) is 0 Å². The fraction of sp³-hybridized carbons (Fsp3) is 0.462. The summed E-state index contributed by atoms with van der Waals surface area (Å²) in [4.78, 5) is 2.23. The van der Waals surface area contributed by atoms with Crippen LogP contribution in [0.15, 0.2) is 36.4 Å². The van der Waals surface area contributed by atoms with E-state index in [0.717, 1.165) is 43.7 Å². The number of nitrogens with zero attached hydrogens (tertiary/aromatic N) is 2. The first-order valence-electron chi connectivity index (χ1n) is 10.9. The van der Waals surface area contributed by atoms with Crippen LogP contribution >= 0.6 is 0 Å². The molecular weight excluding hydrogens is 356 g/mol. The standard InChI is InChI=1S/C26H34N2O/c1-5-13-22-20-21(6-2)26(25(8-4)24(22)7-3)29-19-18-28(17-12-16-27)23-14-10-9-11-15-23/h9-11,14-15,20H,5-8,12,17-19H2,1-4H3. The molecule has 3 nitrogen and oxygen atoms in total. The van der Waals surface area contributed by atoms with Crippen LogP contribution in [0.5, 0.6) is 5.75 Å². The highest BCUT2D eigenvalue weighted by molar-refractivity contribution is 5.53. The molecule has 0 aliphatic heterocycles. The summed E-state index contributed by atoms with van der Waals surface area (Å²) in [5.74, 6) is 1.06. The average Bonchev–Trinajstić information content (AvgIpc) is 2.76. The molecule has 0 amide bonds. The summed E-state index contributed by atoms with van der Waals surface area (Å²) in [6.45, 7) is 10.8. The largest absolute Gasteiger partial charge is 0.491 e. The van der Waals surface area contributed by atoms with E-state index in [1.54, 1.807) is 0 Å². The Labute approximate surface area is 177 Å². The van der Waals surface area contributed by atoms with Gasteiger partial charge in [-0.05, 0) is 60.1 Å². The molecule has 0 saturated carbocycles. The lowest BCUT2D eigenvalue weighted by Gasteiger charge is -2.25. The predicted octanol–water partition coefficient (Wildman–Crippen LogP) is 6.01. The Balaban J connectivity index is 2.22. The van der Waals surface area contributed by atoms with Crippen LogP contribution in [0.25, 0.3) is 0 Å². The Morgan fingerprint density at radius 1 is 0.931 bits per heavy atom. The zero-order valence-corrected chi connectivity index (χ0v) is 18.4. The van der Waals surface area contributed by atoms with Gasteiger partial charge in [0.05, 0.1) is 19.0 Å². The molecule has 2 rings (SSSR count). The molecule has 0 spiro atoms. The van der Waals surface area contributed by atoms with Crippen molar-refractivity contribution < 1.29 is 4.74 Å². The second kappa shape index (κ2) is 12.2. The van der Waals surface area contributed by atoms with Gasteiger partial charge in [-0.25, -0.2) is 0 Å². The second-order valence-corrected chi connectivity index (χ2v) is 7.04. The summed E-state index contributed by atoms with van der Waals surface area (Å²) in [6.07, 6.45) is 7.85. The molecular formula is C26H34N2O. The van der Waals surface area contributed by atoms with Crippen LogP contribution in [0.3, 0.4) is 0 Å². The van der Waals surface area contributed by atoms with E-state index in [2.05, 4.69) is 63.3 Å². The Morgan fingerprint density at radius 3 is 2.24 bits per heavy atom. The van der Waals surface area contributed by atoms with Crippen LogP contribution in [-0.2, 0) is 19.3 Å². The third kappa shape index (κ3) is 6.00. The number of hydrogen-bond acceptors (Lipinski definition) is 3. The van der Waals surface area contributed by atoms with Crippen molar-refractivity contribution >= 4 is 5.69 Å². The first-order valence-corrected chi connectivity index (χ1v) is 10.9. The van der Waals surface area contributed by atoms with Crippen LogP contribution in [0.4, 0.5) is 5.69 Å². The highest BCUT2D eigenvalue weighted by atomic mass is 16.5. The van der Waals surface area contributed by atoms with Gasteiger partial charge in [0.25, 0.3) is 0 Å². The number of anilines is 1. The molecule has 2 radical (unpaired) electrons. The van der Waals surface area contributed by atoms with E-state index in [1.807, 2.05) is 18.2 Å². The normalized spacial score (nSPS) is 10.6. The van der Waals surface area contributed by atoms with E-state index in [9.17, 15) is 0 Å².